The SMILES string of the molecule is CC(C)(C)c1ccccc1Oc1cnc(CN)cn1. The minimum atomic E-state index is 0.0151. The third-order valence-electron chi connectivity index (χ3n) is 2.80. The lowest BCUT2D eigenvalue weighted by atomic mass is 9.86. The van der Waals surface area contributed by atoms with E-state index in [0.717, 1.165) is 17.0 Å². The standard InChI is InChI=1S/C15H19N3O/c1-15(2,3)12-6-4-5-7-13(12)19-14-10-17-11(8-16)9-18-14/h4-7,9-10H,8,16H2,1-3H3. The number of aromatic nitrogens is 2. The number of rotatable bonds is 3. The molecule has 0 fully saturated rings. The first-order valence-electron chi connectivity index (χ1n) is 6.29. The molecular weight excluding hydrogens is 238 g/mol. The second-order valence-electron chi connectivity index (χ2n) is 5.40. The summed E-state index contributed by atoms with van der Waals surface area (Å²) in [6, 6.07) is 7.97. The molecule has 0 aliphatic carbocycles. The first-order valence-corrected chi connectivity index (χ1v) is 6.29. The maximum absolute atomic E-state index is 5.82. The van der Waals surface area contributed by atoms with E-state index in [2.05, 4.69) is 36.8 Å². The summed E-state index contributed by atoms with van der Waals surface area (Å²) in [6.07, 6.45) is 3.23. The predicted octanol–water partition coefficient (Wildman–Crippen LogP) is 3.03. The smallest absolute Gasteiger partial charge is 0.237 e. The quantitative estimate of drug-likeness (QED) is 0.918. The van der Waals surface area contributed by atoms with Crippen molar-refractivity contribution in [2.24, 2.45) is 5.73 Å². The van der Waals surface area contributed by atoms with Gasteiger partial charge >= 0.3 is 0 Å². The Morgan fingerprint density at radius 2 is 1.84 bits per heavy atom. The normalized spacial score (nSPS) is 11.4. The molecule has 1 aromatic carbocycles. The zero-order valence-electron chi connectivity index (χ0n) is 11.6. The fourth-order valence-corrected chi connectivity index (χ4v) is 1.79. The number of para-hydroxylation sites is 1. The molecule has 2 N–H and O–H groups in total. The van der Waals surface area contributed by atoms with Crippen molar-refractivity contribution >= 4 is 0 Å². The summed E-state index contributed by atoms with van der Waals surface area (Å²) < 4.78 is 5.82. The van der Waals surface area contributed by atoms with Crippen molar-refractivity contribution < 1.29 is 4.74 Å². The lowest BCUT2D eigenvalue weighted by molar-refractivity contribution is 0.437. The zero-order chi connectivity index (χ0) is 13.9. The van der Waals surface area contributed by atoms with Gasteiger partial charge in [0.05, 0.1) is 18.1 Å². The Hall–Kier alpha value is -1.94. The second kappa shape index (κ2) is 5.36. The maximum Gasteiger partial charge on any atom is 0.237 e. The zero-order valence-corrected chi connectivity index (χ0v) is 11.6. The summed E-state index contributed by atoms with van der Waals surface area (Å²) in [7, 11) is 0. The molecule has 0 bridgehead atoms. The van der Waals surface area contributed by atoms with Gasteiger partial charge in [0, 0.05) is 12.1 Å². The van der Waals surface area contributed by atoms with E-state index in [1.165, 1.54) is 0 Å². The second-order valence-corrected chi connectivity index (χ2v) is 5.40. The van der Waals surface area contributed by atoms with E-state index in [0.29, 0.717) is 12.4 Å². The number of benzene rings is 1. The van der Waals surface area contributed by atoms with Crippen LogP contribution < -0.4 is 10.5 Å². The molecule has 0 aliphatic rings. The molecule has 0 saturated heterocycles. The van der Waals surface area contributed by atoms with Crippen LogP contribution in [0.1, 0.15) is 32.0 Å². The fourth-order valence-electron chi connectivity index (χ4n) is 1.79. The highest BCUT2D eigenvalue weighted by molar-refractivity contribution is 5.40. The predicted molar refractivity (Wildman–Crippen MR) is 75.1 cm³/mol. The summed E-state index contributed by atoms with van der Waals surface area (Å²) in [5, 5.41) is 0. The van der Waals surface area contributed by atoms with Crippen molar-refractivity contribution in [3.05, 3.63) is 47.9 Å². The number of nitrogens with zero attached hydrogens (tertiary/aromatic N) is 2. The van der Waals surface area contributed by atoms with E-state index in [9.17, 15) is 0 Å². The van der Waals surface area contributed by atoms with Gasteiger partial charge < -0.3 is 10.5 Å². The Bertz CT molecular complexity index is 544. The first kappa shape index (κ1) is 13.5. The van der Waals surface area contributed by atoms with Crippen LogP contribution in [0.3, 0.4) is 0 Å². The Labute approximate surface area is 113 Å². The molecule has 1 heterocycles. The van der Waals surface area contributed by atoms with Crippen molar-refractivity contribution in [2.45, 2.75) is 32.7 Å². The van der Waals surface area contributed by atoms with Crippen LogP contribution in [0.2, 0.25) is 0 Å². The van der Waals surface area contributed by atoms with Crippen molar-refractivity contribution in [1.29, 1.82) is 0 Å². The maximum atomic E-state index is 5.82. The molecule has 4 heteroatoms. The molecule has 0 saturated carbocycles. The Morgan fingerprint density at radius 3 is 2.42 bits per heavy atom. The molecule has 0 atom stereocenters. The van der Waals surface area contributed by atoms with Crippen LogP contribution in [0, 0.1) is 0 Å². The molecule has 19 heavy (non-hydrogen) atoms. The summed E-state index contributed by atoms with van der Waals surface area (Å²) in [6.45, 7) is 6.83. The monoisotopic (exact) mass is 257 g/mol. The molecular formula is C15H19N3O. The molecule has 0 radical (unpaired) electrons. The number of ether oxygens (including phenoxy) is 1. The van der Waals surface area contributed by atoms with E-state index in [4.69, 9.17) is 10.5 Å². The highest BCUT2D eigenvalue weighted by Gasteiger charge is 2.18. The fraction of sp³-hybridized carbons (Fsp3) is 0.333. The summed E-state index contributed by atoms with van der Waals surface area (Å²) in [4.78, 5) is 8.38. The van der Waals surface area contributed by atoms with Crippen LogP contribution >= 0.6 is 0 Å². The van der Waals surface area contributed by atoms with Crippen molar-refractivity contribution in [3.8, 4) is 11.6 Å². The van der Waals surface area contributed by atoms with E-state index < -0.39 is 0 Å². The van der Waals surface area contributed by atoms with E-state index in [1.54, 1.807) is 12.4 Å². The molecule has 0 amide bonds. The molecule has 0 aliphatic heterocycles. The molecule has 2 aromatic rings. The van der Waals surface area contributed by atoms with Crippen LogP contribution in [0.4, 0.5) is 0 Å². The minimum Gasteiger partial charge on any atom is -0.437 e. The van der Waals surface area contributed by atoms with Gasteiger partial charge in [-0.05, 0) is 11.5 Å². The van der Waals surface area contributed by atoms with Gasteiger partial charge in [0.25, 0.3) is 0 Å². The third-order valence-corrected chi connectivity index (χ3v) is 2.80. The highest BCUT2D eigenvalue weighted by atomic mass is 16.5. The molecule has 2 rings (SSSR count). The van der Waals surface area contributed by atoms with Crippen LogP contribution in [0.15, 0.2) is 36.7 Å². The van der Waals surface area contributed by atoms with E-state index in [1.807, 2.05) is 18.2 Å². The first-order chi connectivity index (χ1) is 9.00. The average Bonchev–Trinajstić information content (AvgIpc) is 2.39. The Morgan fingerprint density at radius 1 is 1.11 bits per heavy atom. The molecule has 0 unspecified atom stereocenters. The van der Waals surface area contributed by atoms with Gasteiger partial charge in [0.2, 0.25) is 5.88 Å². The number of nitrogens with two attached hydrogens (primary N) is 1. The van der Waals surface area contributed by atoms with Gasteiger partial charge in [-0.1, -0.05) is 39.0 Å². The van der Waals surface area contributed by atoms with Gasteiger partial charge in [-0.25, -0.2) is 4.98 Å². The van der Waals surface area contributed by atoms with Crippen LogP contribution in [-0.2, 0) is 12.0 Å². The third kappa shape index (κ3) is 3.29. The van der Waals surface area contributed by atoms with Gasteiger partial charge in [0.15, 0.2) is 0 Å². The summed E-state index contributed by atoms with van der Waals surface area (Å²) >= 11 is 0. The lowest BCUT2D eigenvalue weighted by Crippen LogP contribution is -2.12. The Kier molecular flexibility index (Phi) is 3.81. The topological polar surface area (TPSA) is 61.0 Å². The summed E-state index contributed by atoms with van der Waals surface area (Å²) in [5.74, 6) is 1.29. The van der Waals surface area contributed by atoms with Gasteiger partial charge in [-0.3, -0.25) is 4.98 Å². The van der Waals surface area contributed by atoms with Gasteiger partial charge in [0.1, 0.15) is 5.75 Å². The largest absolute Gasteiger partial charge is 0.437 e. The molecule has 0 spiro atoms. The Balaban J connectivity index is 2.28. The van der Waals surface area contributed by atoms with Crippen LogP contribution in [0.25, 0.3) is 0 Å². The minimum absolute atomic E-state index is 0.0151. The number of hydrogen-bond acceptors (Lipinski definition) is 4. The molecule has 4 nitrogen and oxygen atoms in total. The van der Waals surface area contributed by atoms with E-state index in [-0.39, 0.29) is 5.41 Å². The van der Waals surface area contributed by atoms with Crippen LogP contribution in [0.5, 0.6) is 11.6 Å². The van der Waals surface area contributed by atoms with Gasteiger partial charge in [-0.15, -0.1) is 0 Å². The highest BCUT2D eigenvalue weighted by Crippen LogP contribution is 2.33. The summed E-state index contributed by atoms with van der Waals surface area (Å²) in [5.41, 5.74) is 7.39. The van der Waals surface area contributed by atoms with Crippen LogP contribution in [-0.4, -0.2) is 9.97 Å². The van der Waals surface area contributed by atoms with Crippen molar-refractivity contribution in [3.63, 3.8) is 0 Å². The van der Waals surface area contributed by atoms with Crippen molar-refractivity contribution in [2.75, 3.05) is 0 Å². The number of hydrogen-bond donors (Lipinski definition) is 1. The van der Waals surface area contributed by atoms with Gasteiger partial charge in [-0.2, -0.15) is 0 Å². The molecule has 100 valence electrons. The van der Waals surface area contributed by atoms with Crippen molar-refractivity contribution in [1.82, 2.24) is 9.97 Å². The lowest BCUT2D eigenvalue weighted by Gasteiger charge is -2.22. The van der Waals surface area contributed by atoms with E-state index >= 15 is 0 Å². The molecule has 1 aromatic heterocycles. The average molecular weight is 257 g/mol.